The number of carbonyl (C=O) groups excluding carboxylic acids is 1. The molecule has 0 aromatic heterocycles. The molecule has 0 fully saturated rings. The summed E-state index contributed by atoms with van der Waals surface area (Å²) < 4.78 is 31.7. The third-order valence-electron chi connectivity index (χ3n) is 1.89. The molecule has 0 aliphatic carbocycles. The van der Waals surface area contributed by atoms with Crippen molar-refractivity contribution >= 4 is 21.9 Å². The molecule has 0 saturated carbocycles. The maximum absolute atomic E-state index is 13.3. The van der Waals surface area contributed by atoms with Gasteiger partial charge in [0, 0.05) is 10.9 Å². The van der Waals surface area contributed by atoms with Crippen LogP contribution in [0.15, 0.2) is 28.7 Å². The van der Waals surface area contributed by atoms with Crippen molar-refractivity contribution in [1.29, 1.82) is 0 Å². The number of hydrogen-bond donors (Lipinski definition) is 0. The van der Waals surface area contributed by atoms with E-state index < -0.39 is 18.3 Å². The molecule has 0 saturated heterocycles. The first kappa shape index (κ1) is 13.1. The Balaban J connectivity index is 2.75. The molecular formula is C11H11BrF2O2. The predicted octanol–water partition coefficient (Wildman–Crippen LogP) is 3.19. The van der Waals surface area contributed by atoms with Gasteiger partial charge in [0.05, 0.1) is 6.61 Å². The Hall–Kier alpha value is -0.970. The second-order valence-corrected chi connectivity index (χ2v) is 4.15. The first-order valence-corrected chi connectivity index (χ1v) is 5.54. The molecule has 16 heavy (non-hydrogen) atoms. The van der Waals surface area contributed by atoms with Crippen LogP contribution in [0.3, 0.4) is 0 Å². The minimum Gasteiger partial charge on any atom is -0.462 e. The van der Waals surface area contributed by atoms with Gasteiger partial charge >= 0.3 is 11.9 Å². The largest absolute Gasteiger partial charge is 0.462 e. The summed E-state index contributed by atoms with van der Waals surface area (Å²) in [5.74, 6) is -4.95. The molecule has 0 radical (unpaired) electrons. The quantitative estimate of drug-likeness (QED) is 0.797. The summed E-state index contributed by atoms with van der Waals surface area (Å²) in [5.41, 5.74) is 0.382. The van der Waals surface area contributed by atoms with E-state index in [1.807, 2.05) is 0 Å². The van der Waals surface area contributed by atoms with Gasteiger partial charge in [-0.2, -0.15) is 8.78 Å². The second-order valence-electron chi connectivity index (χ2n) is 3.23. The summed E-state index contributed by atoms with van der Waals surface area (Å²) in [4.78, 5) is 11.0. The topological polar surface area (TPSA) is 26.3 Å². The lowest BCUT2D eigenvalue weighted by molar-refractivity contribution is -0.171. The van der Waals surface area contributed by atoms with Gasteiger partial charge in [0.2, 0.25) is 0 Å². The van der Waals surface area contributed by atoms with Crippen LogP contribution in [0.2, 0.25) is 0 Å². The zero-order valence-electron chi connectivity index (χ0n) is 8.67. The van der Waals surface area contributed by atoms with Crippen LogP contribution in [-0.2, 0) is 16.0 Å². The Bertz CT molecular complexity index is 380. The van der Waals surface area contributed by atoms with Crippen LogP contribution in [0, 0.1) is 0 Å². The fourth-order valence-corrected chi connectivity index (χ4v) is 1.66. The minimum atomic E-state index is -3.48. The minimum absolute atomic E-state index is 0.0487. The Morgan fingerprint density at radius 3 is 2.75 bits per heavy atom. The van der Waals surface area contributed by atoms with Crippen molar-refractivity contribution in [2.24, 2.45) is 0 Å². The van der Waals surface area contributed by atoms with E-state index in [9.17, 15) is 13.6 Å². The number of esters is 1. The lowest BCUT2D eigenvalue weighted by Crippen LogP contribution is -2.33. The second kappa shape index (κ2) is 5.39. The summed E-state index contributed by atoms with van der Waals surface area (Å²) >= 11 is 3.18. The fraction of sp³-hybridized carbons (Fsp3) is 0.364. The molecule has 1 aromatic rings. The van der Waals surface area contributed by atoms with Crippen molar-refractivity contribution in [3.05, 3.63) is 34.3 Å². The van der Waals surface area contributed by atoms with E-state index in [4.69, 9.17) is 0 Å². The Morgan fingerprint density at radius 2 is 2.19 bits per heavy atom. The lowest BCUT2D eigenvalue weighted by Gasteiger charge is -2.14. The van der Waals surface area contributed by atoms with Crippen LogP contribution < -0.4 is 0 Å². The van der Waals surface area contributed by atoms with E-state index in [-0.39, 0.29) is 6.61 Å². The zero-order valence-corrected chi connectivity index (χ0v) is 10.3. The third kappa shape index (κ3) is 3.56. The number of carbonyl (C=O) groups is 1. The monoisotopic (exact) mass is 292 g/mol. The van der Waals surface area contributed by atoms with Gasteiger partial charge in [-0.05, 0) is 24.6 Å². The molecule has 0 unspecified atom stereocenters. The van der Waals surface area contributed by atoms with Gasteiger partial charge in [0.1, 0.15) is 0 Å². The van der Waals surface area contributed by atoms with Crippen molar-refractivity contribution < 1.29 is 18.3 Å². The van der Waals surface area contributed by atoms with Crippen LogP contribution in [0.5, 0.6) is 0 Å². The van der Waals surface area contributed by atoms with Crippen molar-refractivity contribution in [3.63, 3.8) is 0 Å². The Labute approximate surface area is 101 Å². The molecule has 0 aliphatic rings. The Kier molecular flexibility index (Phi) is 4.41. The number of alkyl halides is 2. The van der Waals surface area contributed by atoms with E-state index in [0.29, 0.717) is 10.0 Å². The highest BCUT2D eigenvalue weighted by molar-refractivity contribution is 9.10. The molecule has 0 heterocycles. The maximum atomic E-state index is 13.3. The van der Waals surface area contributed by atoms with Crippen LogP contribution in [0.1, 0.15) is 12.5 Å². The summed E-state index contributed by atoms with van der Waals surface area (Å²) in [6.45, 7) is 1.44. The molecular weight excluding hydrogens is 282 g/mol. The highest BCUT2D eigenvalue weighted by Gasteiger charge is 2.40. The normalized spacial score (nSPS) is 11.2. The van der Waals surface area contributed by atoms with Gasteiger partial charge in [-0.25, -0.2) is 4.79 Å². The van der Waals surface area contributed by atoms with Crippen molar-refractivity contribution in [1.82, 2.24) is 0 Å². The molecule has 0 N–H and O–H groups in total. The van der Waals surface area contributed by atoms with Gasteiger partial charge in [-0.1, -0.05) is 28.1 Å². The molecule has 88 valence electrons. The molecule has 0 amide bonds. The standard InChI is InChI=1S/C11H11BrF2O2/c1-2-16-10(15)11(13,14)7-8-4-3-5-9(12)6-8/h3-6H,2,7H2,1H3. The third-order valence-corrected chi connectivity index (χ3v) is 2.38. The summed E-state index contributed by atoms with van der Waals surface area (Å²) in [6, 6.07) is 6.46. The van der Waals surface area contributed by atoms with Crippen molar-refractivity contribution in [2.75, 3.05) is 6.61 Å². The molecule has 1 aromatic carbocycles. The van der Waals surface area contributed by atoms with Crippen molar-refractivity contribution in [2.45, 2.75) is 19.3 Å². The fourth-order valence-electron chi connectivity index (χ4n) is 1.21. The van der Waals surface area contributed by atoms with Gasteiger partial charge in [-0.15, -0.1) is 0 Å². The molecule has 1 rings (SSSR count). The van der Waals surface area contributed by atoms with Crippen molar-refractivity contribution in [3.8, 4) is 0 Å². The van der Waals surface area contributed by atoms with E-state index in [0.717, 1.165) is 0 Å². The summed E-state index contributed by atoms with van der Waals surface area (Å²) in [7, 11) is 0. The number of rotatable bonds is 4. The smallest absolute Gasteiger partial charge is 0.377 e. The zero-order chi connectivity index (χ0) is 12.2. The lowest BCUT2D eigenvalue weighted by atomic mass is 10.1. The van der Waals surface area contributed by atoms with E-state index in [1.165, 1.54) is 13.0 Å². The number of ether oxygens (including phenoxy) is 1. The van der Waals surface area contributed by atoms with Gasteiger partial charge in [-0.3, -0.25) is 0 Å². The molecule has 0 atom stereocenters. The summed E-state index contributed by atoms with van der Waals surface area (Å²) in [5, 5.41) is 0. The molecule has 0 aliphatic heterocycles. The molecule has 0 bridgehead atoms. The van der Waals surface area contributed by atoms with Crippen LogP contribution in [0.4, 0.5) is 8.78 Å². The number of benzene rings is 1. The SMILES string of the molecule is CCOC(=O)C(F)(F)Cc1cccc(Br)c1. The van der Waals surface area contributed by atoms with Crippen LogP contribution in [-0.4, -0.2) is 18.5 Å². The highest BCUT2D eigenvalue weighted by atomic mass is 79.9. The van der Waals surface area contributed by atoms with Gasteiger partial charge in [0.15, 0.2) is 0 Å². The first-order valence-electron chi connectivity index (χ1n) is 4.75. The first-order chi connectivity index (χ1) is 7.45. The van der Waals surface area contributed by atoms with Gasteiger partial charge < -0.3 is 4.74 Å². The van der Waals surface area contributed by atoms with E-state index in [1.54, 1.807) is 18.2 Å². The highest BCUT2D eigenvalue weighted by Crippen LogP contribution is 2.23. The Morgan fingerprint density at radius 1 is 1.50 bits per heavy atom. The van der Waals surface area contributed by atoms with E-state index in [2.05, 4.69) is 20.7 Å². The average molecular weight is 293 g/mol. The van der Waals surface area contributed by atoms with Crippen LogP contribution in [0.25, 0.3) is 0 Å². The van der Waals surface area contributed by atoms with Crippen LogP contribution >= 0.6 is 15.9 Å². The number of halogens is 3. The summed E-state index contributed by atoms with van der Waals surface area (Å²) in [6.07, 6.45) is -0.648. The predicted molar refractivity (Wildman–Crippen MR) is 59.4 cm³/mol. The number of hydrogen-bond acceptors (Lipinski definition) is 2. The molecule has 5 heteroatoms. The molecule has 2 nitrogen and oxygen atoms in total. The average Bonchev–Trinajstić information content (AvgIpc) is 2.17. The van der Waals surface area contributed by atoms with E-state index >= 15 is 0 Å². The molecule has 0 spiro atoms. The van der Waals surface area contributed by atoms with Gasteiger partial charge in [0.25, 0.3) is 0 Å². The maximum Gasteiger partial charge on any atom is 0.377 e.